The van der Waals surface area contributed by atoms with E-state index < -0.39 is 0 Å². The molecule has 0 aliphatic rings. The molecule has 2 aromatic rings. The summed E-state index contributed by atoms with van der Waals surface area (Å²) in [6, 6.07) is 12.4. The van der Waals surface area contributed by atoms with E-state index in [1.807, 2.05) is 24.3 Å². The number of halogens is 1. The van der Waals surface area contributed by atoms with Gasteiger partial charge >= 0.3 is 0 Å². The Labute approximate surface area is 134 Å². The number of methoxy groups -OCH3 is 2. The second-order valence-corrected chi connectivity index (χ2v) is 5.86. The number of aryl methyl sites for hydroxylation is 1. The third kappa shape index (κ3) is 3.70. The Morgan fingerprint density at radius 1 is 1.00 bits per heavy atom. The van der Waals surface area contributed by atoms with Crippen LogP contribution in [0.15, 0.2) is 40.9 Å². The SMILES string of the molecule is COc1ccc(C(C)Nc2ccc(Br)cc2C)cc1OC. The standard InChI is InChI=1S/C17H20BrNO2/c1-11-9-14(18)6-7-15(11)19-12(2)13-5-8-16(20-3)17(10-13)21-4/h5-10,12,19H,1-4H3. The minimum atomic E-state index is 0.171. The highest BCUT2D eigenvalue weighted by Crippen LogP contribution is 2.31. The lowest BCUT2D eigenvalue weighted by Crippen LogP contribution is -2.08. The fourth-order valence-corrected chi connectivity index (χ4v) is 2.70. The summed E-state index contributed by atoms with van der Waals surface area (Å²) in [5.41, 5.74) is 3.48. The molecule has 21 heavy (non-hydrogen) atoms. The first kappa shape index (κ1) is 15.7. The number of anilines is 1. The molecule has 0 saturated carbocycles. The van der Waals surface area contributed by atoms with Crippen LogP contribution in [0.25, 0.3) is 0 Å². The predicted octanol–water partition coefficient (Wildman–Crippen LogP) is 4.95. The van der Waals surface area contributed by atoms with Crippen LogP contribution in [0.3, 0.4) is 0 Å². The van der Waals surface area contributed by atoms with Crippen LogP contribution in [0.4, 0.5) is 5.69 Å². The monoisotopic (exact) mass is 349 g/mol. The maximum atomic E-state index is 5.36. The van der Waals surface area contributed by atoms with E-state index in [9.17, 15) is 0 Å². The molecule has 0 aliphatic heterocycles. The van der Waals surface area contributed by atoms with Crippen LogP contribution in [-0.4, -0.2) is 14.2 Å². The van der Waals surface area contributed by atoms with E-state index in [0.29, 0.717) is 0 Å². The van der Waals surface area contributed by atoms with Crippen LogP contribution in [0.1, 0.15) is 24.1 Å². The smallest absolute Gasteiger partial charge is 0.161 e. The summed E-state index contributed by atoms with van der Waals surface area (Å²) < 4.78 is 11.7. The van der Waals surface area contributed by atoms with Gasteiger partial charge in [-0.25, -0.2) is 0 Å². The molecule has 0 amide bonds. The first-order chi connectivity index (χ1) is 10.0. The summed E-state index contributed by atoms with van der Waals surface area (Å²) in [4.78, 5) is 0. The van der Waals surface area contributed by atoms with Crippen molar-refractivity contribution < 1.29 is 9.47 Å². The van der Waals surface area contributed by atoms with Crippen LogP contribution in [0.5, 0.6) is 11.5 Å². The molecule has 112 valence electrons. The van der Waals surface area contributed by atoms with Crippen LogP contribution in [0, 0.1) is 6.92 Å². The first-order valence-electron chi connectivity index (χ1n) is 6.79. The minimum Gasteiger partial charge on any atom is -0.493 e. The third-order valence-corrected chi connectivity index (χ3v) is 3.96. The number of nitrogens with one attached hydrogen (secondary N) is 1. The zero-order valence-electron chi connectivity index (χ0n) is 12.7. The van der Waals surface area contributed by atoms with Crippen molar-refractivity contribution in [3.05, 3.63) is 52.0 Å². The number of hydrogen-bond acceptors (Lipinski definition) is 3. The second kappa shape index (κ2) is 6.85. The van der Waals surface area contributed by atoms with Crippen LogP contribution >= 0.6 is 15.9 Å². The second-order valence-electron chi connectivity index (χ2n) is 4.94. The third-order valence-electron chi connectivity index (χ3n) is 3.47. The number of rotatable bonds is 5. The summed E-state index contributed by atoms with van der Waals surface area (Å²) in [6.07, 6.45) is 0. The number of benzene rings is 2. The Kier molecular flexibility index (Phi) is 5.12. The molecule has 2 rings (SSSR count). The summed E-state index contributed by atoms with van der Waals surface area (Å²) in [7, 11) is 3.29. The normalized spacial score (nSPS) is 11.9. The van der Waals surface area contributed by atoms with Gasteiger partial charge in [0.05, 0.1) is 14.2 Å². The van der Waals surface area contributed by atoms with Crippen LogP contribution < -0.4 is 14.8 Å². The zero-order chi connectivity index (χ0) is 15.4. The molecule has 0 saturated heterocycles. The van der Waals surface area contributed by atoms with Crippen molar-refractivity contribution in [2.75, 3.05) is 19.5 Å². The Hall–Kier alpha value is -1.68. The summed E-state index contributed by atoms with van der Waals surface area (Å²) in [5.74, 6) is 1.49. The lowest BCUT2D eigenvalue weighted by molar-refractivity contribution is 0.354. The van der Waals surface area contributed by atoms with E-state index in [1.54, 1.807) is 14.2 Å². The maximum absolute atomic E-state index is 5.36. The van der Waals surface area contributed by atoms with Crippen molar-refractivity contribution in [2.45, 2.75) is 19.9 Å². The van der Waals surface area contributed by atoms with Crippen LogP contribution in [-0.2, 0) is 0 Å². The van der Waals surface area contributed by atoms with E-state index >= 15 is 0 Å². The summed E-state index contributed by atoms with van der Waals surface area (Å²) in [5, 5.41) is 3.53. The Morgan fingerprint density at radius 3 is 2.33 bits per heavy atom. The molecule has 1 N–H and O–H groups in total. The van der Waals surface area contributed by atoms with Crippen molar-refractivity contribution in [1.29, 1.82) is 0 Å². The maximum Gasteiger partial charge on any atom is 0.161 e. The summed E-state index contributed by atoms with van der Waals surface area (Å²) in [6.45, 7) is 4.22. The largest absolute Gasteiger partial charge is 0.493 e. The molecule has 0 aromatic heterocycles. The van der Waals surface area contributed by atoms with E-state index in [4.69, 9.17) is 9.47 Å². The van der Waals surface area contributed by atoms with Gasteiger partial charge in [0.1, 0.15) is 0 Å². The highest BCUT2D eigenvalue weighted by Gasteiger charge is 2.11. The van der Waals surface area contributed by atoms with E-state index in [0.717, 1.165) is 27.2 Å². The quantitative estimate of drug-likeness (QED) is 0.828. The van der Waals surface area contributed by atoms with Gasteiger partial charge in [-0.05, 0) is 55.3 Å². The molecular formula is C17H20BrNO2. The fraction of sp³-hybridized carbons (Fsp3) is 0.294. The Morgan fingerprint density at radius 2 is 1.71 bits per heavy atom. The zero-order valence-corrected chi connectivity index (χ0v) is 14.3. The minimum absolute atomic E-state index is 0.171. The van der Waals surface area contributed by atoms with Gasteiger partial charge in [-0.3, -0.25) is 0 Å². The molecular weight excluding hydrogens is 330 g/mol. The molecule has 0 fully saturated rings. The van der Waals surface area contributed by atoms with E-state index in [1.165, 1.54) is 5.56 Å². The average molecular weight is 350 g/mol. The molecule has 3 nitrogen and oxygen atoms in total. The van der Waals surface area contributed by atoms with Gasteiger partial charge < -0.3 is 14.8 Å². The van der Waals surface area contributed by atoms with E-state index in [-0.39, 0.29) is 6.04 Å². The number of ether oxygens (including phenoxy) is 2. The van der Waals surface area contributed by atoms with Gasteiger partial charge in [0.15, 0.2) is 11.5 Å². The lowest BCUT2D eigenvalue weighted by Gasteiger charge is -2.19. The van der Waals surface area contributed by atoms with Gasteiger partial charge in [-0.2, -0.15) is 0 Å². The number of hydrogen-bond donors (Lipinski definition) is 1. The molecule has 0 heterocycles. The summed E-state index contributed by atoms with van der Waals surface area (Å²) >= 11 is 3.48. The molecule has 0 radical (unpaired) electrons. The Balaban J connectivity index is 2.21. The molecule has 0 spiro atoms. The van der Waals surface area contributed by atoms with Gasteiger partial charge in [-0.15, -0.1) is 0 Å². The molecule has 1 atom stereocenters. The highest BCUT2D eigenvalue weighted by atomic mass is 79.9. The lowest BCUT2D eigenvalue weighted by atomic mass is 10.1. The van der Waals surface area contributed by atoms with Crippen molar-refractivity contribution in [3.63, 3.8) is 0 Å². The predicted molar refractivity (Wildman–Crippen MR) is 90.5 cm³/mol. The van der Waals surface area contributed by atoms with Crippen molar-refractivity contribution >= 4 is 21.6 Å². The van der Waals surface area contributed by atoms with Crippen LogP contribution in [0.2, 0.25) is 0 Å². The van der Waals surface area contributed by atoms with Gasteiger partial charge in [0.25, 0.3) is 0 Å². The molecule has 1 unspecified atom stereocenters. The Bertz CT molecular complexity index is 628. The van der Waals surface area contributed by atoms with Crippen molar-refractivity contribution in [2.24, 2.45) is 0 Å². The highest BCUT2D eigenvalue weighted by molar-refractivity contribution is 9.10. The molecule has 0 bridgehead atoms. The van der Waals surface area contributed by atoms with Gasteiger partial charge in [-0.1, -0.05) is 22.0 Å². The molecule has 4 heteroatoms. The molecule has 0 aliphatic carbocycles. The fourth-order valence-electron chi connectivity index (χ4n) is 2.23. The van der Waals surface area contributed by atoms with Crippen molar-refractivity contribution in [3.8, 4) is 11.5 Å². The molecule has 2 aromatic carbocycles. The first-order valence-corrected chi connectivity index (χ1v) is 7.59. The van der Waals surface area contributed by atoms with Crippen molar-refractivity contribution in [1.82, 2.24) is 0 Å². The average Bonchev–Trinajstić information content (AvgIpc) is 2.49. The van der Waals surface area contributed by atoms with E-state index in [2.05, 4.69) is 47.2 Å². The topological polar surface area (TPSA) is 30.5 Å². The van der Waals surface area contributed by atoms with Gasteiger partial charge in [0.2, 0.25) is 0 Å². The van der Waals surface area contributed by atoms with Gasteiger partial charge in [0, 0.05) is 16.2 Å².